The van der Waals surface area contributed by atoms with Crippen molar-refractivity contribution in [2.45, 2.75) is 12.8 Å². The van der Waals surface area contributed by atoms with E-state index in [1.807, 2.05) is 5.38 Å². The van der Waals surface area contributed by atoms with Gasteiger partial charge < -0.3 is 10.1 Å². The number of ether oxygens (including phenoxy) is 1. The summed E-state index contributed by atoms with van der Waals surface area (Å²) < 4.78 is 18.6. The Morgan fingerprint density at radius 1 is 1.42 bits per heavy atom. The lowest BCUT2D eigenvalue weighted by Crippen LogP contribution is -2.42. The molecular formula is C17H20FN3O2S. The second-order valence-electron chi connectivity index (χ2n) is 5.89. The molecule has 5 nitrogen and oxygen atoms in total. The maximum absolute atomic E-state index is 12.9. The zero-order valence-corrected chi connectivity index (χ0v) is 14.1. The van der Waals surface area contributed by atoms with Crippen molar-refractivity contribution in [2.24, 2.45) is 5.92 Å². The van der Waals surface area contributed by atoms with Crippen LogP contribution in [0.5, 0.6) is 5.75 Å². The van der Waals surface area contributed by atoms with E-state index < -0.39 is 0 Å². The lowest BCUT2D eigenvalue weighted by atomic mass is 9.99. The molecule has 1 saturated heterocycles. The highest BCUT2D eigenvalue weighted by atomic mass is 32.1. The van der Waals surface area contributed by atoms with E-state index in [0.717, 1.165) is 25.9 Å². The lowest BCUT2D eigenvalue weighted by molar-refractivity contribution is -0.117. The number of amides is 1. The summed E-state index contributed by atoms with van der Waals surface area (Å²) >= 11 is 1.41. The zero-order chi connectivity index (χ0) is 16.8. The van der Waals surface area contributed by atoms with Gasteiger partial charge in [-0.2, -0.15) is 0 Å². The van der Waals surface area contributed by atoms with E-state index in [9.17, 15) is 9.18 Å². The van der Waals surface area contributed by atoms with Crippen LogP contribution in [0.4, 0.5) is 9.52 Å². The van der Waals surface area contributed by atoms with Crippen LogP contribution < -0.4 is 10.1 Å². The molecule has 2 aromatic rings. The Labute approximate surface area is 144 Å². The van der Waals surface area contributed by atoms with Crippen LogP contribution in [0, 0.1) is 11.7 Å². The van der Waals surface area contributed by atoms with Gasteiger partial charge in [0, 0.05) is 24.0 Å². The highest BCUT2D eigenvalue weighted by Crippen LogP contribution is 2.19. The monoisotopic (exact) mass is 349 g/mol. The minimum absolute atomic E-state index is 0.0370. The van der Waals surface area contributed by atoms with E-state index in [0.29, 0.717) is 30.0 Å². The normalized spacial score (nSPS) is 18.3. The standard InChI is InChI=1S/C17H20FN3O2S/c18-14-3-5-15(6-4-14)23-12-13-2-1-8-21(10-13)11-16(22)20-17-19-7-9-24-17/h3-7,9,13H,1-2,8,10-12H2,(H,19,20,22). The SMILES string of the molecule is O=C(CN1CCCC(COc2ccc(F)cc2)C1)Nc1nccs1. The van der Waals surface area contributed by atoms with E-state index in [-0.39, 0.29) is 11.7 Å². The van der Waals surface area contributed by atoms with Gasteiger partial charge in [-0.25, -0.2) is 9.37 Å². The van der Waals surface area contributed by atoms with Crippen LogP contribution in [-0.4, -0.2) is 42.0 Å². The van der Waals surface area contributed by atoms with Gasteiger partial charge in [0.2, 0.25) is 5.91 Å². The molecule has 1 amide bonds. The fourth-order valence-corrected chi connectivity index (χ4v) is 3.37. The predicted molar refractivity (Wildman–Crippen MR) is 91.8 cm³/mol. The van der Waals surface area contributed by atoms with Crippen molar-refractivity contribution in [1.29, 1.82) is 0 Å². The fraction of sp³-hybridized carbons (Fsp3) is 0.412. The van der Waals surface area contributed by atoms with Gasteiger partial charge in [0.1, 0.15) is 11.6 Å². The van der Waals surface area contributed by atoms with Gasteiger partial charge in [-0.1, -0.05) is 0 Å². The third-order valence-corrected chi connectivity index (χ3v) is 4.64. The highest BCUT2D eigenvalue weighted by Gasteiger charge is 2.22. The van der Waals surface area contributed by atoms with E-state index in [4.69, 9.17) is 4.74 Å². The molecule has 3 rings (SSSR count). The minimum atomic E-state index is -0.266. The van der Waals surface area contributed by atoms with E-state index >= 15 is 0 Å². The number of nitrogens with one attached hydrogen (secondary N) is 1. The Hall–Kier alpha value is -1.99. The number of aromatic nitrogens is 1. The number of likely N-dealkylation sites (tertiary alicyclic amines) is 1. The smallest absolute Gasteiger partial charge is 0.240 e. The zero-order valence-electron chi connectivity index (χ0n) is 13.3. The Morgan fingerprint density at radius 2 is 2.25 bits per heavy atom. The van der Waals surface area contributed by atoms with E-state index in [1.54, 1.807) is 18.3 Å². The Balaban J connectivity index is 1.43. The largest absolute Gasteiger partial charge is 0.493 e. The maximum atomic E-state index is 12.9. The van der Waals surface area contributed by atoms with Gasteiger partial charge in [0.15, 0.2) is 5.13 Å². The van der Waals surface area contributed by atoms with Crippen molar-refractivity contribution in [3.63, 3.8) is 0 Å². The first-order chi connectivity index (χ1) is 11.7. The molecule has 0 bridgehead atoms. The summed E-state index contributed by atoms with van der Waals surface area (Å²) in [6.07, 6.45) is 3.79. The number of hydrogen-bond acceptors (Lipinski definition) is 5. The third kappa shape index (κ3) is 5.01. The van der Waals surface area contributed by atoms with Crippen LogP contribution in [-0.2, 0) is 4.79 Å². The average Bonchev–Trinajstić information content (AvgIpc) is 3.07. The Bertz CT molecular complexity index is 648. The van der Waals surface area contributed by atoms with Crippen molar-refractivity contribution in [3.8, 4) is 5.75 Å². The molecule has 7 heteroatoms. The first-order valence-corrected chi connectivity index (χ1v) is 8.87. The highest BCUT2D eigenvalue weighted by molar-refractivity contribution is 7.13. The van der Waals surface area contributed by atoms with Gasteiger partial charge in [-0.3, -0.25) is 9.69 Å². The molecule has 1 N–H and O–H groups in total. The number of carbonyl (C=O) groups excluding carboxylic acids is 1. The average molecular weight is 349 g/mol. The fourth-order valence-electron chi connectivity index (χ4n) is 2.82. The molecule has 1 atom stereocenters. The minimum Gasteiger partial charge on any atom is -0.493 e. The van der Waals surface area contributed by atoms with E-state index in [1.165, 1.54) is 23.5 Å². The second kappa shape index (κ2) is 8.21. The quantitative estimate of drug-likeness (QED) is 0.871. The summed E-state index contributed by atoms with van der Waals surface area (Å²) in [5, 5.41) is 5.27. The first kappa shape index (κ1) is 16.9. The number of thiazole rings is 1. The molecule has 1 aromatic heterocycles. The summed E-state index contributed by atoms with van der Waals surface area (Å²) in [6.45, 7) is 2.69. The first-order valence-electron chi connectivity index (χ1n) is 7.99. The molecule has 1 aromatic carbocycles. The topological polar surface area (TPSA) is 54.5 Å². The van der Waals surface area contributed by atoms with Gasteiger partial charge in [-0.05, 0) is 43.7 Å². The summed E-state index contributed by atoms with van der Waals surface area (Å²) in [5.41, 5.74) is 0. The van der Waals surface area contributed by atoms with Crippen LogP contribution in [0.2, 0.25) is 0 Å². The molecule has 2 heterocycles. The third-order valence-electron chi connectivity index (χ3n) is 3.95. The summed E-state index contributed by atoms with van der Waals surface area (Å²) in [7, 11) is 0. The Morgan fingerprint density at radius 3 is 3.00 bits per heavy atom. The summed E-state index contributed by atoms with van der Waals surface area (Å²) in [5.74, 6) is 0.744. The molecule has 24 heavy (non-hydrogen) atoms. The van der Waals surface area contributed by atoms with Gasteiger partial charge >= 0.3 is 0 Å². The predicted octanol–water partition coefficient (Wildman–Crippen LogP) is 3.01. The number of rotatable bonds is 6. The van der Waals surface area contributed by atoms with Crippen molar-refractivity contribution in [1.82, 2.24) is 9.88 Å². The molecule has 1 aliphatic rings. The molecule has 128 valence electrons. The van der Waals surface area contributed by atoms with Gasteiger partial charge in [0.05, 0.1) is 13.2 Å². The number of nitrogens with zero attached hydrogens (tertiary/aromatic N) is 2. The van der Waals surface area contributed by atoms with E-state index in [2.05, 4.69) is 15.2 Å². The molecule has 1 fully saturated rings. The van der Waals surface area contributed by atoms with Crippen molar-refractivity contribution >= 4 is 22.4 Å². The molecule has 0 aliphatic carbocycles. The lowest BCUT2D eigenvalue weighted by Gasteiger charge is -2.31. The number of carbonyl (C=O) groups is 1. The molecule has 0 spiro atoms. The molecule has 1 aliphatic heterocycles. The molecular weight excluding hydrogens is 329 g/mol. The Kier molecular flexibility index (Phi) is 5.77. The van der Waals surface area contributed by atoms with Gasteiger partial charge in [0.25, 0.3) is 0 Å². The van der Waals surface area contributed by atoms with Crippen molar-refractivity contribution < 1.29 is 13.9 Å². The van der Waals surface area contributed by atoms with Crippen molar-refractivity contribution in [3.05, 3.63) is 41.7 Å². The van der Waals surface area contributed by atoms with Crippen LogP contribution in [0.15, 0.2) is 35.8 Å². The summed E-state index contributed by atoms with van der Waals surface area (Å²) in [4.78, 5) is 18.2. The van der Waals surface area contributed by atoms with Crippen molar-refractivity contribution in [2.75, 3.05) is 31.6 Å². The number of piperidine rings is 1. The number of anilines is 1. The number of benzene rings is 1. The van der Waals surface area contributed by atoms with Crippen LogP contribution in [0.1, 0.15) is 12.8 Å². The van der Waals surface area contributed by atoms with Gasteiger partial charge in [-0.15, -0.1) is 11.3 Å². The number of halogens is 1. The molecule has 0 saturated carbocycles. The van der Waals surface area contributed by atoms with Crippen LogP contribution in [0.3, 0.4) is 0 Å². The second-order valence-corrected chi connectivity index (χ2v) is 6.79. The van der Waals surface area contributed by atoms with Crippen LogP contribution >= 0.6 is 11.3 Å². The number of hydrogen-bond donors (Lipinski definition) is 1. The maximum Gasteiger partial charge on any atom is 0.240 e. The molecule has 1 unspecified atom stereocenters. The summed E-state index contributed by atoms with van der Waals surface area (Å²) in [6, 6.07) is 6.06. The molecule has 0 radical (unpaired) electrons. The van der Waals surface area contributed by atoms with Crippen LogP contribution in [0.25, 0.3) is 0 Å².